The van der Waals surface area contributed by atoms with E-state index in [-0.39, 0.29) is 35.2 Å². The molecule has 0 saturated heterocycles. The molecule has 1 aromatic carbocycles. The molecule has 1 N–H and O–H groups in total. The minimum absolute atomic E-state index is 0.0655. The van der Waals surface area contributed by atoms with Gasteiger partial charge in [-0.05, 0) is 80.8 Å². The average molecular weight is 409 g/mol. The van der Waals surface area contributed by atoms with Crippen LogP contribution in [0.1, 0.15) is 56.0 Å². The van der Waals surface area contributed by atoms with Gasteiger partial charge in [-0.3, -0.25) is 9.59 Å². The Morgan fingerprint density at radius 1 is 1.13 bits per heavy atom. The van der Waals surface area contributed by atoms with Gasteiger partial charge in [-0.2, -0.15) is 0 Å². The Morgan fingerprint density at radius 3 is 2.43 bits per heavy atom. The lowest BCUT2D eigenvalue weighted by Crippen LogP contribution is -2.56. The minimum atomic E-state index is -0.810. The van der Waals surface area contributed by atoms with Crippen LogP contribution in [0.25, 0.3) is 11.0 Å². The number of hydrogen-bond donors (Lipinski definition) is 1. The van der Waals surface area contributed by atoms with E-state index in [9.17, 15) is 14.4 Å². The number of amides is 1. The monoisotopic (exact) mass is 409 g/mol. The molecule has 6 heteroatoms. The smallest absolute Gasteiger partial charge is 0.374 e. The molecule has 6 nitrogen and oxygen atoms in total. The molecule has 4 bridgehead atoms. The van der Waals surface area contributed by atoms with Crippen LogP contribution in [-0.2, 0) is 9.53 Å². The molecule has 1 atom stereocenters. The van der Waals surface area contributed by atoms with Gasteiger partial charge in [0.05, 0.1) is 5.39 Å². The molecule has 1 amide bonds. The predicted octanol–water partition coefficient (Wildman–Crippen LogP) is 3.67. The number of fused-ring (bicyclic) bond motifs is 1. The van der Waals surface area contributed by atoms with Gasteiger partial charge in [-0.1, -0.05) is 12.1 Å². The molecule has 0 radical (unpaired) electrons. The van der Waals surface area contributed by atoms with Crippen LogP contribution in [0.5, 0.6) is 0 Å². The number of benzene rings is 1. The SMILES string of the molecule is CC(NC(=O)COC(=O)c1cc(=O)c2ccccc2o1)C12CC3CC(CC(C3)C1)C2. The quantitative estimate of drug-likeness (QED) is 0.762. The summed E-state index contributed by atoms with van der Waals surface area (Å²) in [7, 11) is 0. The second kappa shape index (κ2) is 7.25. The highest BCUT2D eigenvalue weighted by atomic mass is 16.5. The Hall–Kier alpha value is -2.63. The third-order valence-corrected chi connectivity index (χ3v) is 7.55. The molecule has 4 aliphatic carbocycles. The summed E-state index contributed by atoms with van der Waals surface area (Å²) in [6.45, 7) is 1.71. The fourth-order valence-corrected chi connectivity index (χ4v) is 6.55. The van der Waals surface area contributed by atoms with Crippen molar-refractivity contribution in [2.75, 3.05) is 6.61 Å². The Morgan fingerprint density at radius 2 is 1.77 bits per heavy atom. The normalized spacial score (nSPS) is 30.2. The van der Waals surface area contributed by atoms with Crippen LogP contribution in [0.15, 0.2) is 39.5 Å². The van der Waals surface area contributed by atoms with E-state index >= 15 is 0 Å². The van der Waals surface area contributed by atoms with Gasteiger partial charge in [0.1, 0.15) is 5.58 Å². The molecule has 4 aliphatic rings. The van der Waals surface area contributed by atoms with Gasteiger partial charge >= 0.3 is 5.97 Å². The van der Waals surface area contributed by atoms with Crippen molar-refractivity contribution < 1.29 is 18.7 Å². The van der Waals surface area contributed by atoms with E-state index in [1.165, 1.54) is 38.5 Å². The van der Waals surface area contributed by atoms with Gasteiger partial charge in [-0.25, -0.2) is 4.79 Å². The van der Waals surface area contributed by atoms with Crippen LogP contribution in [0.2, 0.25) is 0 Å². The second-order valence-corrected chi connectivity index (χ2v) is 9.62. The van der Waals surface area contributed by atoms with E-state index in [2.05, 4.69) is 12.2 Å². The second-order valence-electron chi connectivity index (χ2n) is 9.62. The number of rotatable bonds is 5. The van der Waals surface area contributed by atoms with E-state index in [1.54, 1.807) is 24.3 Å². The zero-order valence-electron chi connectivity index (χ0n) is 17.2. The lowest BCUT2D eigenvalue weighted by atomic mass is 9.48. The van der Waals surface area contributed by atoms with E-state index in [1.807, 2.05) is 0 Å². The highest BCUT2D eigenvalue weighted by molar-refractivity contribution is 5.90. The number of esters is 1. The van der Waals surface area contributed by atoms with Crippen molar-refractivity contribution in [2.24, 2.45) is 23.2 Å². The summed E-state index contributed by atoms with van der Waals surface area (Å²) in [5, 5.41) is 3.48. The summed E-state index contributed by atoms with van der Waals surface area (Å²) in [5.41, 5.74) is 0.194. The topological polar surface area (TPSA) is 85.6 Å². The van der Waals surface area contributed by atoms with Crippen molar-refractivity contribution in [1.29, 1.82) is 0 Å². The Kier molecular flexibility index (Phi) is 4.68. The Bertz CT molecular complexity index is 1020. The maximum atomic E-state index is 12.5. The standard InChI is InChI=1S/C24H27NO5/c1-14(24-10-15-6-16(11-24)8-17(7-15)12-24)25-22(27)13-29-23(28)21-9-19(26)18-4-2-3-5-20(18)30-21/h2-5,9,14-17H,6-8,10-13H2,1H3,(H,25,27). The summed E-state index contributed by atoms with van der Waals surface area (Å²) >= 11 is 0. The van der Waals surface area contributed by atoms with Gasteiger partial charge in [0.25, 0.3) is 5.91 Å². The molecule has 1 heterocycles. The van der Waals surface area contributed by atoms with Crippen LogP contribution in [0, 0.1) is 23.2 Å². The third kappa shape index (κ3) is 3.42. The first-order valence-corrected chi connectivity index (χ1v) is 10.9. The highest BCUT2D eigenvalue weighted by Crippen LogP contribution is 2.61. The average Bonchev–Trinajstić information content (AvgIpc) is 2.71. The van der Waals surface area contributed by atoms with Crippen molar-refractivity contribution in [1.82, 2.24) is 5.32 Å². The summed E-state index contributed by atoms with van der Waals surface area (Å²) in [5.74, 6) is 1.11. The van der Waals surface area contributed by atoms with Gasteiger partial charge in [-0.15, -0.1) is 0 Å². The molecule has 30 heavy (non-hydrogen) atoms. The lowest BCUT2D eigenvalue weighted by Gasteiger charge is -2.59. The van der Waals surface area contributed by atoms with E-state index in [0.717, 1.165) is 23.8 Å². The molecule has 1 aromatic heterocycles. The largest absolute Gasteiger partial charge is 0.450 e. The maximum absolute atomic E-state index is 12.5. The zero-order chi connectivity index (χ0) is 20.9. The number of ether oxygens (including phenoxy) is 1. The van der Waals surface area contributed by atoms with Crippen LogP contribution in [-0.4, -0.2) is 24.5 Å². The zero-order valence-corrected chi connectivity index (χ0v) is 17.2. The molecule has 1 unspecified atom stereocenters. The molecule has 158 valence electrons. The summed E-state index contributed by atoms with van der Waals surface area (Å²) in [4.78, 5) is 36.9. The van der Waals surface area contributed by atoms with Gasteiger partial charge in [0, 0.05) is 12.1 Å². The first kappa shape index (κ1) is 19.3. The number of nitrogens with one attached hydrogen (secondary N) is 1. The van der Waals surface area contributed by atoms with Gasteiger partial charge in [0.2, 0.25) is 5.76 Å². The van der Waals surface area contributed by atoms with Crippen molar-refractivity contribution in [3.8, 4) is 0 Å². The molecule has 0 spiro atoms. The van der Waals surface area contributed by atoms with E-state index in [4.69, 9.17) is 9.15 Å². The first-order valence-electron chi connectivity index (χ1n) is 10.9. The summed E-state index contributed by atoms with van der Waals surface area (Å²) < 4.78 is 10.6. The van der Waals surface area contributed by atoms with Crippen LogP contribution < -0.4 is 10.7 Å². The molecular formula is C24H27NO5. The fourth-order valence-electron chi connectivity index (χ4n) is 6.55. The van der Waals surface area contributed by atoms with Crippen molar-refractivity contribution in [2.45, 2.75) is 51.5 Å². The van der Waals surface area contributed by atoms with Crippen molar-refractivity contribution >= 4 is 22.8 Å². The fraction of sp³-hybridized carbons (Fsp3) is 0.542. The third-order valence-electron chi connectivity index (χ3n) is 7.55. The summed E-state index contributed by atoms with van der Waals surface area (Å²) in [6.07, 6.45) is 7.66. The van der Waals surface area contributed by atoms with Crippen molar-refractivity contribution in [3.63, 3.8) is 0 Å². The minimum Gasteiger partial charge on any atom is -0.450 e. The first-order chi connectivity index (χ1) is 14.4. The molecule has 2 aromatic rings. The molecule has 4 saturated carbocycles. The Labute approximate surface area is 175 Å². The van der Waals surface area contributed by atoms with E-state index in [0.29, 0.717) is 11.0 Å². The van der Waals surface area contributed by atoms with E-state index < -0.39 is 5.97 Å². The van der Waals surface area contributed by atoms with Gasteiger partial charge in [0.15, 0.2) is 12.0 Å². The number of carbonyl (C=O) groups excluding carboxylic acids is 2. The number of hydrogen-bond acceptors (Lipinski definition) is 5. The lowest BCUT2D eigenvalue weighted by molar-refractivity contribution is -0.128. The number of carbonyl (C=O) groups is 2. The Balaban J connectivity index is 1.20. The van der Waals surface area contributed by atoms with Crippen molar-refractivity contribution in [3.05, 3.63) is 46.3 Å². The van der Waals surface area contributed by atoms with Crippen LogP contribution in [0.4, 0.5) is 0 Å². The molecule has 0 aliphatic heterocycles. The predicted molar refractivity (Wildman–Crippen MR) is 111 cm³/mol. The maximum Gasteiger partial charge on any atom is 0.374 e. The van der Waals surface area contributed by atoms with Crippen LogP contribution in [0.3, 0.4) is 0 Å². The van der Waals surface area contributed by atoms with Gasteiger partial charge < -0.3 is 14.5 Å². The molecular weight excluding hydrogens is 382 g/mol. The highest BCUT2D eigenvalue weighted by Gasteiger charge is 2.53. The van der Waals surface area contributed by atoms with Crippen LogP contribution >= 0.6 is 0 Å². The number of para-hydroxylation sites is 1. The molecule has 6 rings (SSSR count). The molecule has 4 fully saturated rings. The summed E-state index contributed by atoms with van der Waals surface area (Å²) in [6, 6.07) is 7.88.